The van der Waals surface area contributed by atoms with Crippen molar-refractivity contribution in [2.24, 2.45) is 0 Å². The first kappa shape index (κ1) is 12.7. The van der Waals surface area contributed by atoms with Gasteiger partial charge in [-0.1, -0.05) is 0 Å². The third kappa shape index (κ3) is 3.15. The van der Waals surface area contributed by atoms with Gasteiger partial charge in [0.2, 0.25) is 0 Å². The van der Waals surface area contributed by atoms with E-state index >= 15 is 0 Å². The molecule has 0 N–H and O–H groups in total. The third-order valence-electron chi connectivity index (χ3n) is 3.02. The maximum Gasteiger partial charge on any atom is 0.188 e. The molecule has 1 unspecified atom stereocenters. The second-order valence-electron chi connectivity index (χ2n) is 4.63. The Hall–Kier alpha value is -1.37. The number of nitrogens with zero attached hydrogens (tertiary/aromatic N) is 4. The van der Waals surface area contributed by atoms with Crippen LogP contribution in [0.4, 0.5) is 0 Å². The molecule has 0 spiro atoms. The van der Waals surface area contributed by atoms with E-state index in [2.05, 4.69) is 32.2 Å². The summed E-state index contributed by atoms with van der Waals surface area (Å²) in [4.78, 5) is 15.4. The van der Waals surface area contributed by atoms with Crippen molar-refractivity contribution in [1.82, 2.24) is 19.9 Å². The highest BCUT2D eigenvalue weighted by molar-refractivity contribution is 7.13. The van der Waals surface area contributed by atoms with Gasteiger partial charge < -0.3 is 4.74 Å². The van der Waals surface area contributed by atoms with Crippen LogP contribution in [0.25, 0.3) is 10.8 Å². The highest BCUT2D eigenvalue weighted by Gasteiger charge is 2.18. The number of hydrogen-bond acceptors (Lipinski definition) is 6. The summed E-state index contributed by atoms with van der Waals surface area (Å²) >= 11 is 1.60. The monoisotopic (exact) mass is 276 g/mol. The van der Waals surface area contributed by atoms with E-state index in [1.807, 2.05) is 6.07 Å². The molecular formula is C13H16N4OS. The Balaban J connectivity index is 1.68. The van der Waals surface area contributed by atoms with Crippen LogP contribution in [0.3, 0.4) is 0 Å². The van der Waals surface area contributed by atoms with Crippen molar-refractivity contribution in [1.29, 1.82) is 0 Å². The molecule has 1 aliphatic heterocycles. The zero-order chi connectivity index (χ0) is 13.1. The van der Waals surface area contributed by atoms with Crippen molar-refractivity contribution < 1.29 is 4.74 Å². The molecular weight excluding hydrogens is 260 g/mol. The van der Waals surface area contributed by atoms with E-state index in [0.717, 1.165) is 36.9 Å². The first-order valence-corrected chi connectivity index (χ1v) is 7.25. The molecule has 0 aromatic carbocycles. The minimum absolute atomic E-state index is 0.310. The summed E-state index contributed by atoms with van der Waals surface area (Å²) < 4.78 is 5.54. The van der Waals surface area contributed by atoms with Crippen molar-refractivity contribution in [2.45, 2.75) is 19.6 Å². The molecule has 3 heterocycles. The molecule has 2 aromatic rings. The zero-order valence-electron chi connectivity index (χ0n) is 10.8. The molecule has 0 amide bonds. The lowest BCUT2D eigenvalue weighted by Crippen LogP contribution is -2.40. The number of hydrogen-bond donors (Lipinski definition) is 0. The summed E-state index contributed by atoms with van der Waals surface area (Å²) in [5, 5.41) is 2.98. The largest absolute Gasteiger partial charge is 0.376 e. The molecule has 3 rings (SSSR count). The van der Waals surface area contributed by atoms with Crippen LogP contribution in [0.2, 0.25) is 0 Å². The Morgan fingerprint density at radius 3 is 3.05 bits per heavy atom. The van der Waals surface area contributed by atoms with Crippen molar-refractivity contribution in [3.05, 3.63) is 29.5 Å². The number of thiazole rings is 1. The molecule has 0 radical (unpaired) electrons. The Morgan fingerprint density at radius 1 is 1.42 bits per heavy atom. The number of aromatic nitrogens is 3. The van der Waals surface area contributed by atoms with E-state index in [9.17, 15) is 0 Å². The van der Waals surface area contributed by atoms with Crippen LogP contribution in [0.15, 0.2) is 23.8 Å². The normalized spacial score (nSPS) is 20.6. The molecule has 2 aromatic heterocycles. The molecule has 19 heavy (non-hydrogen) atoms. The molecule has 1 atom stereocenters. The lowest BCUT2D eigenvalue weighted by Gasteiger charge is -2.30. The fraction of sp³-hybridized carbons (Fsp3) is 0.462. The lowest BCUT2D eigenvalue weighted by molar-refractivity contribution is -0.0215. The van der Waals surface area contributed by atoms with Gasteiger partial charge in [-0.2, -0.15) is 0 Å². The van der Waals surface area contributed by atoms with E-state index in [1.165, 1.54) is 0 Å². The van der Waals surface area contributed by atoms with Gasteiger partial charge in [0.1, 0.15) is 0 Å². The first-order chi connectivity index (χ1) is 9.31. The number of morpholine rings is 1. The molecule has 5 nitrogen and oxygen atoms in total. The smallest absolute Gasteiger partial charge is 0.188 e. The summed E-state index contributed by atoms with van der Waals surface area (Å²) in [6.45, 7) is 5.72. The standard InChI is InChI=1S/C13H16N4OS/c1-10-7-17(5-6-18-10)8-11-9-19-13(16-11)12-14-3-2-4-15-12/h2-4,9-10H,5-8H2,1H3. The molecule has 0 bridgehead atoms. The summed E-state index contributed by atoms with van der Waals surface area (Å²) in [7, 11) is 0. The minimum Gasteiger partial charge on any atom is -0.376 e. The molecule has 1 aliphatic rings. The van der Waals surface area contributed by atoms with E-state index in [0.29, 0.717) is 11.9 Å². The van der Waals surface area contributed by atoms with Gasteiger partial charge in [-0.15, -0.1) is 11.3 Å². The van der Waals surface area contributed by atoms with Crippen molar-refractivity contribution in [2.75, 3.05) is 19.7 Å². The summed E-state index contributed by atoms with van der Waals surface area (Å²) in [6.07, 6.45) is 3.80. The Labute approximate surface area is 116 Å². The lowest BCUT2D eigenvalue weighted by atomic mass is 10.3. The van der Waals surface area contributed by atoms with Gasteiger partial charge in [0, 0.05) is 37.4 Å². The van der Waals surface area contributed by atoms with Crippen LogP contribution >= 0.6 is 11.3 Å². The Bertz CT molecular complexity index is 530. The molecule has 0 saturated carbocycles. The van der Waals surface area contributed by atoms with Gasteiger partial charge in [0.25, 0.3) is 0 Å². The fourth-order valence-corrected chi connectivity index (χ4v) is 2.91. The van der Waals surface area contributed by atoms with Gasteiger partial charge in [-0.3, -0.25) is 4.90 Å². The number of rotatable bonds is 3. The average Bonchev–Trinajstić information content (AvgIpc) is 2.88. The highest BCUT2D eigenvalue weighted by Crippen LogP contribution is 2.20. The third-order valence-corrected chi connectivity index (χ3v) is 3.91. The topological polar surface area (TPSA) is 51.1 Å². The fourth-order valence-electron chi connectivity index (χ4n) is 2.16. The van der Waals surface area contributed by atoms with Crippen LogP contribution in [0.5, 0.6) is 0 Å². The van der Waals surface area contributed by atoms with Crippen molar-refractivity contribution >= 4 is 11.3 Å². The minimum atomic E-state index is 0.310. The van der Waals surface area contributed by atoms with Gasteiger partial charge in [0.05, 0.1) is 18.4 Å². The van der Waals surface area contributed by atoms with Gasteiger partial charge in [-0.25, -0.2) is 15.0 Å². The molecule has 6 heteroatoms. The highest BCUT2D eigenvalue weighted by atomic mass is 32.1. The van der Waals surface area contributed by atoms with Gasteiger partial charge in [-0.05, 0) is 13.0 Å². The SMILES string of the molecule is CC1CN(Cc2csc(-c3ncccn3)n2)CCO1. The van der Waals surface area contributed by atoms with Gasteiger partial charge in [0.15, 0.2) is 10.8 Å². The molecule has 100 valence electrons. The van der Waals surface area contributed by atoms with Crippen LogP contribution in [0.1, 0.15) is 12.6 Å². The summed E-state index contributed by atoms with van der Waals surface area (Å²) in [5.41, 5.74) is 1.08. The second kappa shape index (κ2) is 5.73. The van der Waals surface area contributed by atoms with Gasteiger partial charge >= 0.3 is 0 Å². The van der Waals surface area contributed by atoms with Crippen LogP contribution in [-0.2, 0) is 11.3 Å². The average molecular weight is 276 g/mol. The predicted molar refractivity (Wildman–Crippen MR) is 73.8 cm³/mol. The van der Waals surface area contributed by atoms with E-state index < -0.39 is 0 Å². The molecule has 1 saturated heterocycles. The maximum absolute atomic E-state index is 5.54. The number of ether oxygens (including phenoxy) is 1. The van der Waals surface area contributed by atoms with Crippen LogP contribution < -0.4 is 0 Å². The van der Waals surface area contributed by atoms with Crippen molar-refractivity contribution in [3.8, 4) is 10.8 Å². The summed E-state index contributed by atoms with van der Waals surface area (Å²) in [6, 6.07) is 1.81. The maximum atomic E-state index is 5.54. The van der Waals surface area contributed by atoms with Crippen molar-refractivity contribution in [3.63, 3.8) is 0 Å². The van der Waals surface area contributed by atoms with E-state index in [1.54, 1.807) is 23.7 Å². The van der Waals surface area contributed by atoms with E-state index in [4.69, 9.17) is 4.74 Å². The first-order valence-electron chi connectivity index (χ1n) is 6.37. The zero-order valence-corrected chi connectivity index (χ0v) is 11.6. The molecule has 1 fully saturated rings. The van der Waals surface area contributed by atoms with Crippen LogP contribution in [0, 0.1) is 0 Å². The Morgan fingerprint density at radius 2 is 2.26 bits per heavy atom. The van der Waals surface area contributed by atoms with Crippen LogP contribution in [-0.4, -0.2) is 45.7 Å². The Kier molecular flexibility index (Phi) is 3.82. The second-order valence-corrected chi connectivity index (χ2v) is 5.49. The quantitative estimate of drug-likeness (QED) is 0.856. The summed E-state index contributed by atoms with van der Waals surface area (Å²) in [5.74, 6) is 0.703. The predicted octanol–water partition coefficient (Wildman–Crippen LogP) is 1.82. The molecule has 0 aliphatic carbocycles. The van der Waals surface area contributed by atoms with E-state index in [-0.39, 0.29) is 0 Å².